The molecule has 1 aliphatic rings. The van der Waals surface area contributed by atoms with Crippen LogP contribution in [0.5, 0.6) is 0 Å². The molecule has 1 heterocycles. The number of primary sulfonamides is 1. The van der Waals surface area contributed by atoms with E-state index in [1.54, 1.807) is 0 Å². The summed E-state index contributed by atoms with van der Waals surface area (Å²) in [5.41, 5.74) is 0. The van der Waals surface area contributed by atoms with Crippen molar-refractivity contribution in [3.63, 3.8) is 0 Å². The highest BCUT2D eigenvalue weighted by atomic mass is 32.2. The number of rotatable bonds is 3. The normalized spacial score (nSPS) is 23.5. The number of sulfonamides is 2. The van der Waals surface area contributed by atoms with Gasteiger partial charge in [0.15, 0.2) is 0 Å². The molecule has 0 saturated carbocycles. The molecule has 0 spiro atoms. The van der Waals surface area contributed by atoms with Gasteiger partial charge in [-0.1, -0.05) is 0 Å². The first-order chi connectivity index (χ1) is 5.81. The Balaban J connectivity index is 2.57. The van der Waals surface area contributed by atoms with Gasteiger partial charge in [-0.3, -0.25) is 0 Å². The average Bonchev–Trinajstić information content (AvgIpc) is 2.23. The summed E-state index contributed by atoms with van der Waals surface area (Å²) in [7, 11) is -6.76. The Hall–Kier alpha value is -0.180. The molecule has 78 valence electrons. The van der Waals surface area contributed by atoms with Crippen molar-refractivity contribution in [2.24, 2.45) is 5.14 Å². The van der Waals surface area contributed by atoms with Crippen LogP contribution in [-0.4, -0.2) is 45.7 Å². The molecule has 0 amide bonds. The molecule has 0 aromatic carbocycles. The number of nitrogens with two attached hydrogens (primary N) is 1. The zero-order valence-electron chi connectivity index (χ0n) is 7.01. The lowest BCUT2D eigenvalue weighted by Gasteiger charge is -2.12. The lowest BCUT2D eigenvalue weighted by molar-refractivity contribution is 0.461. The molecule has 1 saturated heterocycles. The molecule has 1 fully saturated rings. The predicted molar refractivity (Wildman–Crippen MR) is 48.0 cm³/mol. The van der Waals surface area contributed by atoms with Gasteiger partial charge in [0.25, 0.3) is 0 Å². The molecule has 0 aliphatic carbocycles. The van der Waals surface area contributed by atoms with E-state index in [4.69, 9.17) is 5.14 Å². The van der Waals surface area contributed by atoms with E-state index >= 15 is 0 Å². The van der Waals surface area contributed by atoms with E-state index in [0.717, 1.165) is 4.31 Å². The fourth-order valence-electron chi connectivity index (χ4n) is 1.17. The smallest absolute Gasteiger partial charge is 0.214 e. The first kappa shape index (κ1) is 10.9. The Kier molecular flexibility index (Phi) is 2.95. The van der Waals surface area contributed by atoms with Gasteiger partial charge in [-0.15, -0.1) is 0 Å². The maximum atomic E-state index is 11.2. The minimum Gasteiger partial charge on any atom is -0.229 e. The monoisotopic (exact) mass is 228 g/mol. The summed E-state index contributed by atoms with van der Waals surface area (Å²) in [6, 6.07) is 0. The van der Waals surface area contributed by atoms with Crippen molar-refractivity contribution in [3.05, 3.63) is 0 Å². The summed E-state index contributed by atoms with van der Waals surface area (Å²) < 4.78 is 44.6. The molecule has 0 unspecified atom stereocenters. The third-order valence-electron chi connectivity index (χ3n) is 1.83. The lowest BCUT2D eigenvalue weighted by atomic mass is 10.5. The van der Waals surface area contributed by atoms with Gasteiger partial charge in [0.2, 0.25) is 20.0 Å². The summed E-state index contributed by atoms with van der Waals surface area (Å²) in [5.74, 6) is -0.205. The van der Waals surface area contributed by atoms with E-state index in [9.17, 15) is 16.8 Å². The maximum absolute atomic E-state index is 11.2. The Labute approximate surface area is 77.8 Å². The molecule has 2 N–H and O–H groups in total. The molecule has 8 heteroatoms. The van der Waals surface area contributed by atoms with E-state index in [2.05, 4.69) is 0 Å². The van der Waals surface area contributed by atoms with Crippen LogP contribution in [0.4, 0.5) is 0 Å². The fraction of sp³-hybridized carbons (Fsp3) is 1.00. The second kappa shape index (κ2) is 3.52. The first-order valence-electron chi connectivity index (χ1n) is 3.79. The first-order valence-corrected chi connectivity index (χ1v) is 7.12. The van der Waals surface area contributed by atoms with E-state index in [0.29, 0.717) is 13.0 Å². The predicted octanol–water partition coefficient (Wildman–Crippen LogP) is -1.69. The van der Waals surface area contributed by atoms with E-state index in [1.807, 2.05) is 0 Å². The summed E-state index contributed by atoms with van der Waals surface area (Å²) in [6.07, 6.45) is 0.562. The van der Waals surface area contributed by atoms with Crippen LogP contribution in [0.25, 0.3) is 0 Å². The quantitative estimate of drug-likeness (QED) is 0.623. The van der Waals surface area contributed by atoms with E-state index < -0.39 is 20.0 Å². The van der Waals surface area contributed by atoms with E-state index in [1.165, 1.54) is 0 Å². The maximum Gasteiger partial charge on any atom is 0.214 e. The van der Waals surface area contributed by atoms with Crippen molar-refractivity contribution < 1.29 is 16.8 Å². The molecule has 0 atom stereocenters. The largest absolute Gasteiger partial charge is 0.229 e. The molecule has 0 aromatic rings. The number of nitrogens with zero attached hydrogens (tertiary/aromatic N) is 1. The second-order valence-electron chi connectivity index (χ2n) is 2.94. The van der Waals surface area contributed by atoms with Gasteiger partial charge in [-0.2, -0.15) is 0 Å². The van der Waals surface area contributed by atoms with Gasteiger partial charge in [0, 0.05) is 13.1 Å². The summed E-state index contributed by atoms with van der Waals surface area (Å²) in [4.78, 5) is 0. The molecule has 0 bridgehead atoms. The van der Waals surface area contributed by atoms with Gasteiger partial charge < -0.3 is 0 Å². The minimum atomic E-state index is -3.57. The van der Waals surface area contributed by atoms with Crippen molar-refractivity contribution in [2.75, 3.05) is 24.6 Å². The van der Waals surface area contributed by atoms with Gasteiger partial charge in [0.1, 0.15) is 0 Å². The van der Waals surface area contributed by atoms with Crippen LogP contribution in [0, 0.1) is 0 Å². The fourth-order valence-corrected chi connectivity index (χ4v) is 3.29. The minimum absolute atomic E-state index is 0.0266. The van der Waals surface area contributed by atoms with Crippen molar-refractivity contribution in [1.82, 2.24) is 4.31 Å². The van der Waals surface area contributed by atoms with Gasteiger partial charge in [-0.25, -0.2) is 26.3 Å². The van der Waals surface area contributed by atoms with Crippen LogP contribution in [0.1, 0.15) is 6.42 Å². The number of hydrogen-bond acceptors (Lipinski definition) is 4. The van der Waals surface area contributed by atoms with Crippen LogP contribution in [0.3, 0.4) is 0 Å². The Bertz CT molecular complexity index is 371. The average molecular weight is 228 g/mol. The molecule has 0 radical (unpaired) electrons. The van der Waals surface area contributed by atoms with Crippen molar-refractivity contribution >= 4 is 20.0 Å². The molecular weight excluding hydrogens is 216 g/mol. The Morgan fingerprint density at radius 3 is 2.38 bits per heavy atom. The standard InChI is InChI=1S/C5H12N2O4S2/c6-12(8,9)5-3-7-2-1-4-13(7,10)11/h1-5H2,(H2,6,8,9). The van der Waals surface area contributed by atoms with Crippen LogP contribution in [0.2, 0.25) is 0 Å². The Morgan fingerprint density at radius 2 is 2.00 bits per heavy atom. The number of hydrogen-bond donors (Lipinski definition) is 1. The van der Waals surface area contributed by atoms with Gasteiger partial charge in [-0.05, 0) is 6.42 Å². The van der Waals surface area contributed by atoms with Gasteiger partial charge >= 0.3 is 0 Å². The van der Waals surface area contributed by atoms with Gasteiger partial charge in [0.05, 0.1) is 11.5 Å². The zero-order valence-corrected chi connectivity index (χ0v) is 8.64. The highest BCUT2D eigenvalue weighted by Crippen LogP contribution is 2.12. The summed E-state index contributed by atoms with van der Waals surface area (Å²) in [5, 5.41) is 4.75. The van der Waals surface area contributed by atoms with E-state index in [-0.39, 0.29) is 18.1 Å². The molecule has 1 aliphatic heterocycles. The zero-order chi connectivity index (χ0) is 10.1. The van der Waals surface area contributed by atoms with Crippen molar-refractivity contribution in [3.8, 4) is 0 Å². The van der Waals surface area contributed by atoms with Crippen LogP contribution in [0.15, 0.2) is 0 Å². The molecular formula is C5H12N2O4S2. The third-order valence-corrected chi connectivity index (χ3v) is 4.54. The SMILES string of the molecule is NS(=O)(=O)CCN1CCCS1(=O)=O. The van der Waals surface area contributed by atoms with Crippen LogP contribution >= 0.6 is 0 Å². The topological polar surface area (TPSA) is 97.5 Å². The second-order valence-corrected chi connectivity index (χ2v) is 6.76. The highest BCUT2D eigenvalue weighted by Gasteiger charge is 2.28. The third kappa shape index (κ3) is 3.22. The molecule has 13 heavy (non-hydrogen) atoms. The molecule has 0 aromatic heterocycles. The van der Waals surface area contributed by atoms with Crippen LogP contribution in [-0.2, 0) is 20.0 Å². The highest BCUT2D eigenvalue weighted by molar-refractivity contribution is 7.90. The summed E-state index contributed by atoms with van der Waals surface area (Å²) >= 11 is 0. The molecule has 1 rings (SSSR count). The molecule has 6 nitrogen and oxygen atoms in total. The lowest BCUT2D eigenvalue weighted by Crippen LogP contribution is -2.32. The van der Waals surface area contributed by atoms with Crippen molar-refractivity contribution in [1.29, 1.82) is 0 Å². The van der Waals surface area contributed by atoms with Crippen LogP contribution < -0.4 is 5.14 Å². The Morgan fingerprint density at radius 1 is 1.38 bits per heavy atom. The van der Waals surface area contributed by atoms with Crippen molar-refractivity contribution in [2.45, 2.75) is 6.42 Å². The summed E-state index contributed by atoms with van der Waals surface area (Å²) in [6.45, 7) is 0.374.